The average molecular weight is 344 g/mol. The molecule has 5 nitrogen and oxygen atoms in total. The molecule has 0 spiro atoms. The van der Waals surface area contributed by atoms with Crippen molar-refractivity contribution in [3.63, 3.8) is 0 Å². The lowest BCUT2D eigenvalue weighted by Gasteiger charge is -2.07. The van der Waals surface area contributed by atoms with Gasteiger partial charge in [-0.05, 0) is 47.5 Å². The van der Waals surface area contributed by atoms with Crippen LogP contribution in [0.15, 0.2) is 51.8 Å². The topological polar surface area (TPSA) is 70.0 Å². The molecule has 0 atom stereocenters. The molecule has 0 radical (unpaired) electrons. The molecule has 1 aromatic heterocycles. The fraction of sp³-hybridized carbons (Fsp3) is 0.0625. The van der Waals surface area contributed by atoms with Crippen LogP contribution in [-0.2, 0) is 4.79 Å². The van der Waals surface area contributed by atoms with Crippen LogP contribution in [0, 0.1) is 0 Å². The standard InChI is InChI=1S/C16H12N2O3S2/c1-18-13(9-12-6-3-7-22-12)23-14(15(18)19)17-11-5-2-4-10(8-11)16(20)21/h2-9H,1H3,(H,20,21)/b13-9-,17-14?. The Balaban J connectivity index is 1.90. The van der Waals surface area contributed by atoms with Crippen molar-refractivity contribution in [1.29, 1.82) is 0 Å². The molecule has 1 saturated heterocycles. The summed E-state index contributed by atoms with van der Waals surface area (Å²) in [4.78, 5) is 30.2. The molecule has 2 heterocycles. The maximum absolute atomic E-state index is 12.3. The van der Waals surface area contributed by atoms with Crippen molar-refractivity contribution in [1.82, 2.24) is 4.90 Å². The minimum absolute atomic E-state index is 0.144. The number of carboxylic acids is 1. The molecule has 0 unspecified atom stereocenters. The van der Waals surface area contributed by atoms with Crippen LogP contribution in [0.4, 0.5) is 5.69 Å². The van der Waals surface area contributed by atoms with Crippen LogP contribution in [0.3, 0.4) is 0 Å². The first kappa shape index (κ1) is 15.5. The predicted octanol–water partition coefficient (Wildman–Crippen LogP) is 3.68. The van der Waals surface area contributed by atoms with Gasteiger partial charge in [0, 0.05) is 11.9 Å². The van der Waals surface area contributed by atoms with Crippen LogP contribution in [0.25, 0.3) is 6.08 Å². The van der Waals surface area contributed by atoms with E-state index in [1.165, 1.54) is 23.9 Å². The molecule has 7 heteroatoms. The first-order valence-electron chi connectivity index (χ1n) is 6.68. The van der Waals surface area contributed by atoms with Gasteiger partial charge < -0.3 is 10.0 Å². The van der Waals surface area contributed by atoms with Crippen molar-refractivity contribution in [2.24, 2.45) is 4.99 Å². The van der Waals surface area contributed by atoms with Gasteiger partial charge in [0.05, 0.1) is 16.3 Å². The van der Waals surface area contributed by atoms with Crippen LogP contribution in [-0.4, -0.2) is 34.0 Å². The van der Waals surface area contributed by atoms with Crippen LogP contribution in [0.2, 0.25) is 0 Å². The van der Waals surface area contributed by atoms with Crippen LogP contribution >= 0.6 is 23.1 Å². The van der Waals surface area contributed by atoms with Crippen molar-refractivity contribution in [3.05, 3.63) is 57.2 Å². The van der Waals surface area contributed by atoms with E-state index in [1.807, 2.05) is 23.6 Å². The number of hydrogen-bond donors (Lipinski definition) is 1. The summed E-state index contributed by atoms with van der Waals surface area (Å²) in [5, 5.41) is 12.1. The first-order chi connectivity index (χ1) is 11.0. The summed E-state index contributed by atoms with van der Waals surface area (Å²) in [6.07, 6.45) is 1.93. The highest BCUT2D eigenvalue weighted by Gasteiger charge is 2.30. The molecule has 2 aromatic rings. The molecule has 0 aliphatic carbocycles. The Morgan fingerprint density at radius 3 is 2.83 bits per heavy atom. The first-order valence-corrected chi connectivity index (χ1v) is 8.37. The van der Waals surface area contributed by atoms with Gasteiger partial charge in [0.1, 0.15) is 0 Å². The lowest BCUT2D eigenvalue weighted by Crippen LogP contribution is -2.21. The van der Waals surface area contributed by atoms with E-state index in [0.29, 0.717) is 10.7 Å². The summed E-state index contributed by atoms with van der Waals surface area (Å²) in [5.74, 6) is -1.22. The second kappa shape index (κ2) is 6.39. The molecule has 1 aliphatic heterocycles. The highest BCUT2D eigenvalue weighted by molar-refractivity contribution is 8.19. The van der Waals surface area contributed by atoms with Gasteiger partial charge in [0.2, 0.25) is 0 Å². The number of amides is 1. The van der Waals surface area contributed by atoms with Gasteiger partial charge in [-0.25, -0.2) is 9.79 Å². The predicted molar refractivity (Wildman–Crippen MR) is 93.2 cm³/mol. The largest absolute Gasteiger partial charge is 0.478 e. The third kappa shape index (κ3) is 3.35. The zero-order valence-electron chi connectivity index (χ0n) is 12.1. The smallest absolute Gasteiger partial charge is 0.335 e. The van der Waals surface area contributed by atoms with Crippen LogP contribution in [0.5, 0.6) is 0 Å². The quantitative estimate of drug-likeness (QED) is 0.922. The van der Waals surface area contributed by atoms with Gasteiger partial charge in [0.15, 0.2) is 5.04 Å². The molecule has 3 rings (SSSR count). The summed E-state index contributed by atoms with van der Waals surface area (Å²) in [6, 6.07) is 10.1. The Hall–Kier alpha value is -2.38. The number of carbonyl (C=O) groups excluding carboxylic acids is 1. The number of thiophene rings is 1. The third-order valence-corrected chi connectivity index (χ3v) is 5.03. The summed E-state index contributed by atoms with van der Waals surface area (Å²) in [7, 11) is 1.70. The molecule has 1 amide bonds. The lowest BCUT2D eigenvalue weighted by molar-refractivity contribution is -0.120. The molecule has 23 heavy (non-hydrogen) atoms. The van der Waals surface area contributed by atoms with Gasteiger partial charge in [-0.15, -0.1) is 11.3 Å². The maximum atomic E-state index is 12.3. The number of carboxylic acid groups (broad SMARTS) is 1. The zero-order valence-corrected chi connectivity index (χ0v) is 13.7. The lowest BCUT2D eigenvalue weighted by atomic mass is 10.2. The van der Waals surface area contributed by atoms with Crippen molar-refractivity contribution in [3.8, 4) is 0 Å². The number of aromatic carboxylic acids is 1. The van der Waals surface area contributed by atoms with Crippen molar-refractivity contribution >= 4 is 51.8 Å². The average Bonchev–Trinajstić information content (AvgIpc) is 3.13. The molecule has 1 aromatic carbocycles. The maximum Gasteiger partial charge on any atom is 0.335 e. The number of rotatable bonds is 3. The number of thioether (sulfide) groups is 1. The third-order valence-electron chi connectivity index (χ3n) is 3.15. The summed E-state index contributed by atoms with van der Waals surface area (Å²) in [6.45, 7) is 0. The minimum Gasteiger partial charge on any atom is -0.478 e. The second-order valence-electron chi connectivity index (χ2n) is 4.74. The van der Waals surface area contributed by atoms with Crippen LogP contribution in [0.1, 0.15) is 15.2 Å². The summed E-state index contributed by atoms with van der Waals surface area (Å²) < 4.78 is 0. The second-order valence-corrected chi connectivity index (χ2v) is 6.73. The number of benzene rings is 1. The summed E-state index contributed by atoms with van der Waals surface area (Å²) in [5.41, 5.74) is 0.594. The van der Waals surface area contributed by atoms with E-state index in [4.69, 9.17) is 5.11 Å². The highest BCUT2D eigenvalue weighted by atomic mass is 32.2. The van der Waals surface area contributed by atoms with E-state index < -0.39 is 5.97 Å². The molecule has 116 valence electrons. The van der Waals surface area contributed by atoms with E-state index in [2.05, 4.69) is 4.99 Å². The van der Waals surface area contributed by atoms with E-state index in [0.717, 1.165) is 9.91 Å². The van der Waals surface area contributed by atoms with Crippen LogP contribution < -0.4 is 0 Å². The monoisotopic (exact) mass is 344 g/mol. The van der Waals surface area contributed by atoms with E-state index in [9.17, 15) is 9.59 Å². The Labute approximate surface area is 141 Å². The molecular formula is C16H12N2O3S2. The fourth-order valence-electron chi connectivity index (χ4n) is 1.97. The Bertz CT molecular complexity index is 826. The van der Waals surface area contributed by atoms with Gasteiger partial charge in [-0.2, -0.15) is 0 Å². The van der Waals surface area contributed by atoms with E-state index in [1.54, 1.807) is 35.4 Å². The molecule has 0 saturated carbocycles. The Kier molecular flexibility index (Phi) is 4.31. The molecular weight excluding hydrogens is 332 g/mol. The van der Waals surface area contributed by atoms with Gasteiger partial charge in [0.25, 0.3) is 5.91 Å². The summed E-state index contributed by atoms with van der Waals surface area (Å²) >= 11 is 2.87. The van der Waals surface area contributed by atoms with Crippen molar-refractivity contribution in [2.45, 2.75) is 0 Å². The van der Waals surface area contributed by atoms with Gasteiger partial charge >= 0.3 is 5.97 Å². The number of carbonyl (C=O) groups is 2. The zero-order chi connectivity index (χ0) is 16.4. The Morgan fingerprint density at radius 1 is 1.30 bits per heavy atom. The normalized spacial score (nSPS) is 18.1. The van der Waals surface area contributed by atoms with Crippen molar-refractivity contribution in [2.75, 3.05) is 7.05 Å². The molecule has 1 fully saturated rings. The van der Waals surface area contributed by atoms with Gasteiger partial charge in [-0.3, -0.25) is 4.79 Å². The highest BCUT2D eigenvalue weighted by Crippen LogP contribution is 2.34. The number of hydrogen-bond acceptors (Lipinski definition) is 5. The fourth-order valence-corrected chi connectivity index (χ4v) is 3.68. The molecule has 1 N–H and O–H groups in total. The van der Waals surface area contributed by atoms with Gasteiger partial charge in [-0.1, -0.05) is 12.1 Å². The molecule has 0 bridgehead atoms. The van der Waals surface area contributed by atoms with E-state index in [-0.39, 0.29) is 11.5 Å². The SMILES string of the molecule is CN1C(=O)C(=Nc2cccc(C(=O)O)c2)S/C1=C\c1cccs1. The van der Waals surface area contributed by atoms with E-state index >= 15 is 0 Å². The minimum atomic E-state index is -1.02. The number of aliphatic imine (C=N–C) groups is 1. The number of nitrogens with zero attached hydrogens (tertiary/aromatic N) is 2. The molecule has 1 aliphatic rings. The van der Waals surface area contributed by atoms with Crippen molar-refractivity contribution < 1.29 is 14.7 Å². The Morgan fingerprint density at radius 2 is 2.13 bits per heavy atom.